The van der Waals surface area contributed by atoms with Crippen LogP contribution >= 0.6 is 0 Å². The molecule has 5 atom stereocenters. The Morgan fingerprint density at radius 3 is 2.66 bits per heavy atom. The summed E-state index contributed by atoms with van der Waals surface area (Å²) in [5.74, 6) is -0.131. The number of amides is 2. The Kier molecular flexibility index (Phi) is 6.67. The Labute approximate surface area is 223 Å². The minimum Gasteiger partial charge on any atom is -0.485 e. The van der Waals surface area contributed by atoms with E-state index in [0.29, 0.717) is 18.6 Å². The number of hydrogen-bond acceptors (Lipinski definition) is 6. The molecule has 4 N–H and O–H groups in total. The predicted molar refractivity (Wildman–Crippen MR) is 142 cm³/mol. The molecule has 0 radical (unpaired) electrons. The van der Waals surface area contributed by atoms with E-state index in [1.165, 1.54) is 4.90 Å². The van der Waals surface area contributed by atoms with Gasteiger partial charge in [-0.15, -0.1) is 0 Å². The fourth-order valence-corrected chi connectivity index (χ4v) is 5.99. The molecule has 3 unspecified atom stereocenters. The van der Waals surface area contributed by atoms with Gasteiger partial charge in [0, 0.05) is 29.4 Å². The number of aromatic nitrogens is 1. The van der Waals surface area contributed by atoms with Gasteiger partial charge >= 0.3 is 0 Å². The van der Waals surface area contributed by atoms with E-state index in [1.54, 1.807) is 26.2 Å². The average Bonchev–Trinajstić information content (AvgIpc) is 3.69. The van der Waals surface area contributed by atoms with Gasteiger partial charge in [0.2, 0.25) is 11.8 Å². The molecule has 5 rings (SSSR count). The van der Waals surface area contributed by atoms with Gasteiger partial charge in [-0.25, -0.2) is 0 Å². The second-order valence-electron chi connectivity index (χ2n) is 11.3. The molecule has 3 heterocycles. The molecule has 0 bridgehead atoms. The van der Waals surface area contributed by atoms with Gasteiger partial charge in [-0.2, -0.15) is 0 Å². The lowest BCUT2D eigenvalue weighted by atomic mass is 9.85. The topological polar surface area (TPSA) is 128 Å². The lowest BCUT2D eigenvalue weighted by Gasteiger charge is -2.45. The van der Waals surface area contributed by atoms with Gasteiger partial charge < -0.3 is 20.5 Å². The number of guanidine groups is 1. The zero-order chi connectivity index (χ0) is 27.2. The number of aliphatic hydroxyl groups is 1. The van der Waals surface area contributed by atoms with Crippen molar-refractivity contribution in [3.63, 3.8) is 0 Å². The molecule has 1 aromatic carbocycles. The molecule has 2 amide bonds. The summed E-state index contributed by atoms with van der Waals surface area (Å²) in [6, 6.07) is 10.0. The third-order valence-corrected chi connectivity index (χ3v) is 8.58. The number of rotatable bonds is 7. The first kappa shape index (κ1) is 26.2. The van der Waals surface area contributed by atoms with Gasteiger partial charge in [0.05, 0.1) is 18.5 Å². The lowest BCUT2D eigenvalue weighted by Crippen LogP contribution is -2.62. The van der Waals surface area contributed by atoms with Crippen molar-refractivity contribution in [3.05, 3.63) is 59.9 Å². The minimum absolute atomic E-state index is 0.0698. The van der Waals surface area contributed by atoms with E-state index in [-0.39, 0.29) is 29.6 Å². The molecule has 9 heteroatoms. The van der Waals surface area contributed by atoms with Gasteiger partial charge in [-0.3, -0.25) is 24.9 Å². The molecule has 3 aliphatic rings. The van der Waals surface area contributed by atoms with E-state index in [0.717, 1.165) is 24.0 Å². The van der Waals surface area contributed by atoms with Crippen LogP contribution in [0.5, 0.6) is 5.75 Å². The number of ether oxygens (including phenoxy) is 1. The highest BCUT2D eigenvalue weighted by molar-refractivity contribution is 6.00. The van der Waals surface area contributed by atoms with E-state index in [9.17, 15) is 14.7 Å². The van der Waals surface area contributed by atoms with Crippen molar-refractivity contribution in [1.82, 2.24) is 20.5 Å². The molecule has 1 aliphatic carbocycles. The second-order valence-corrected chi connectivity index (χ2v) is 11.3. The molecule has 1 aromatic heterocycles. The molecule has 2 fully saturated rings. The van der Waals surface area contributed by atoms with Crippen LogP contribution in [0.1, 0.15) is 76.6 Å². The van der Waals surface area contributed by atoms with E-state index >= 15 is 0 Å². The lowest BCUT2D eigenvalue weighted by molar-refractivity contribution is -0.134. The molecule has 1 saturated carbocycles. The van der Waals surface area contributed by atoms with Crippen molar-refractivity contribution < 1.29 is 19.4 Å². The first-order valence-electron chi connectivity index (χ1n) is 13.5. The number of nitrogens with zero attached hydrogens (tertiary/aromatic N) is 2. The Bertz CT molecular complexity index is 1210. The summed E-state index contributed by atoms with van der Waals surface area (Å²) >= 11 is 0. The normalized spacial score (nSPS) is 28.0. The molecule has 9 nitrogen and oxygen atoms in total. The largest absolute Gasteiger partial charge is 0.485 e. The number of carbonyl (C=O) groups excluding carboxylic acids is 2. The first-order chi connectivity index (χ1) is 18.1. The molecule has 1 saturated heterocycles. The third-order valence-electron chi connectivity index (χ3n) is 8.58. The van der Waals surface area contributed by atoms with Crippen LogP contribution in [-0.2, 0) is 9.59 Å². The number of aliphatic hydroxyl groups excluding tert-OH is 1. The van der Waals surface area contributed by atoms with Crippen LogP contribution in [-0.4, -0.2) is 50.0 Å². The summed E-state index contributed by atoms with van der Waals surface area (Å²) in [6.07, 6.45) is 4.78. The van der Waals surface area contributed by atoms with Gasteiger partial charge in [0.1, 0.15) is 17.5 Å². The molecule has 2 aromatic rings. The van der Waals surface area contributed by atoms with Crippen molar-refractivity contribution in [1.29, 1.82) is 5.41 Å². The Hall–Kier alpha value is -3.46. The summed E-state index contributed by atoms with van der Waals surface area (Å²) in [5.41, 5.74) is 0.232. The zero-order valence-electron chi connectivity index (χ0n) is 22.4. The highest BCUT2D eigenvalue weighted by atomic mass is 16.5. The Morgan fingerprint density at radius 1 is 1.26 bits per heavy atom. The summed E-state index contributed by atoms with van der Waals surface area (Å²) < 4.78 is 5.99. The number of para-hydroxylation sites is 1. The fraction of sp³-hybridized carbons (Fsp3) is 0.517. The molecular formula is C29H37N5O4. The molecule has 38 heavy (non-hydrogen) atoms. The maximum atomic E-state index is 13.6. The Morgan fingerprint density at radius 2 is 2.00 bits per heavy atom. The number of fused-ring (bicyclic) bond motifs is 1. The number of benzene rings is 1. The molecule has 202 valence electrons. The molecular weight excluding hydrogens is 482 g/mol. The van der Waals surface area contributed by atoms with Crippen LogP contribution in [0.4, 0.5) is 0 Å². The summed E-state index contributed by atoms with van der Waals surface area (Å²) in [5, 5.41) is 26.3. The predicted octanol–water partition coefficient (Wildman–Crippen LogP) is 3.46. The molecule has 0 spiro atoms. The number of nitrogens with one attached hydrogen (secondary N) is 3. The fourth-order valence-electron chi connectivity index (χ4n) is 5.99. The van der Waals surface area contributed by atoms with Crippen LogP contribution in [0.3, 0.4) is 0 Å². The van der Waals surface area contributed by atoms with Crippen molar-refractivity contribution >= 4 is 17.8 Å². The monoisotopic (exact) mass is 519 g/mol. The first-order valence-corrected chi connectivity index (χ1v) is 13.5. The maximum absolute atomic E-state index is 13.6. The maximum Gasteiger partial charge on any atom is 0.232 e. The highest BCUT2D eigenvalue weighted by Crippen LogP contribution is 2.51. The second kappa shape index (κ2) is 9.69. The van der Waals surface area contributed by atoms with Crippen LogP contribution in [0, 0.1) is 17.2 Å². The van der Waals surface area contributed by atoms with Crippen molar-refractivity contribution in [3.8, 4) is 5.75 Å². The van der Waals surface area contributed by atoms with E-state index in [4.69, 9.17) is 10.1 Å². The van der Waals surface area contributed by atoms with Crippen molar-refractivity contribution in [2.45, 2.75) is 82.7 Å². The quantitative estimate of drug-likeness (QED) is 0.444. The third kappa shape index (κ3) is 4.53. The summed E-state index contributed by atoms with van der Waals surface area (Å²) in [4.78, 5) is 32.9. The van der Waals surface area contributed by atoms with Crippen LogP contribution in [0.15, 0.2) is 48.8 Å². The van der Waals surface area contributed by atoms with Crippen LogP contribution in [0.2, 0.25) is 0 Å². The summed E-state index contributed by atoms with van der Waals surface area (Å²) in [6.45, 7) is 7.66. The van der Waals surface area contributed by atoms with Gasteiger partial charge in [-0.05, 0) is 56.7 Å². The van der Waals surface area contributed by atoms with Gasteiger partial charge in [0.15, 0.2) is 5.96 Å². The van der Waals surface area contributed by atoms with Gasteiger partial charge in [-0.1, -0.05) is 38.1 Å². The zero-order valence-corrected chi connectivity index (χ0v) is 22.4. The van der Waals surface area contributed by atoms with E-state index in [1.807, 2.05) is 50.2 Å². The van der Waals surface area contributed by atoms with Crippen molar-refractivity contribution in [2.75, 3.05) is 0 Å². The number of carbonyl (C=O) groups is 2. The number of pyridine rings is 1. The van der Waals surface area contributed by atoms with Crippen molar-refractivity contribution in [2.24, 2.45) is 11.8 Å². The smallest absolute Gasteiger partial charge is 0.232 e. The van der Waals surface area contributed by atoms with Crippen LogP contribution in [0.25, 0.3) is 0 Å². The van der Waals surface area contributed by atoms with E-state index in [2.05, 4.69) is 15.6 Å². The molecule has 2 aliphatic heterocycles. The van der Waals surface area contributed by atoms with Crippen LogP contribution < -0.4 is 15.4 Å². The van der Waals surface area contributed by atoms with Gasteiger partial charge in [0.25, 0.3) is 0 Å². The SMILES string of the molecule is CCC1(CC)CC(=O)N(C(c2cccnc2)[C@@H]2C[C@H]2C(=O)NC2c3ccccc3OC(C)(C)C2O)C(=N)N1. The standard InChI is InChI=1S/C29H37N5O4/c1-5-29(6-2)15-22(35)34(27(30)33-29)24(17-10-9-13-31-16-17)19-14-20(19)26(37)32-23-18-11-7-8-12-21(18)38-28(3,4)25(23)36/h7-13,16,19-20,23-25,36H,5-6,14-15H2,1-4H3,(H2,30,33)(H,32,37)/t19-,20-,23?,24?,25?/m1/s1. The minimum atomic E-state index is -0.940. The highest BCUT2D eigenvalue weighted by Gasteiger charge is 2.55. The van der Waals surface area contributed by atoms with E-state index < -0.39 is 29.3 Å². The Balaban J connectivity index is 1.39. The average molecular weight is 520 g/mol. The summed E-state index contributed by atoms with van der Waals surface area (Å²) in [7, 11) is 0. The number of hydrogen-bond donors (Lipinski definition) is 4.